The molecule has 0 aromatic heterocycles. The van der Waals surface area contributed by atoms with Crippen LogP contribution in [0.1, 0.15) is 15.9 Å². The van der Waals surface area contributed by atoms with E-state index in [1.54, 1.807) is 0 Å². The second-order valence-electron chi connectivity index (χ2n) is 19.3. The topological polar surface area (TPSA) is 26.8 Å². The third kappa shape index (κ3) is 9.86. The first-order valence-corrected chi connectivity index (χ1v) is 28.4. The van der Waals surface area contributed by atoms with E-state index in [0.717, 1.165) is 62.3 Å². The number of benzene rings is 12. The van der Waals surface area contributed by atoms with Gasteiger partial charge < -0.3 is 14.7 Å². The first-order valence-electron chi connectivity index (χ1n) is 26.4. The molecular weight excluding hydrogens is 963 g/mol. The molecule has 0 spiro atoms. The summed E-state index contributed by atoms with van der Waals surface area (Å²) in [5, 5.41) is 5.11. The molecule has 0 saturated carbocycles. The van der Waals surface area contributed by atoms with Crippen LogP contribution in [0.4, 0.5) is 51.2 Å². The Morgan fingerprint density at radius 3 is 0.821 bits per heavy atom. The minimum Gasteiger partial charge on any atom is -0.311 e. The van der Waals surface area contributed by atoms with E-state index in [2.05, 4.69) is 300 Å². The van der Waals surface area contributed by atoms with E-state index in [4.69, 9.17) is 0 Å². The fraction of sp³-hybridized carbons (Fsp3) is 0. The molecule has 5 heteroatoms. The van der Waals surface area contributed by atoms with Gasteiger partial charge in [0.2, 0.25) is 0 Å². The Morgan fingerprint density at radius 2 is 0.474 bits per heavy atom. The van der Waals surface area contributed by atoms with Crippen molar-refractivity contribution in [3.05, 3.63) is 345 Å². The molecule has 0 aliphatic rings. The highest BCUT2D eigenvalue weighted by Crippen LogP contribution is 2.41. The quantitative estimate of drug-likeness (QED) is 0.0547. The average Bonchev–Trinajstić information content (AvgIpc) is 3.69. The van der Waals surface area contributed by atoms with E-state index in [1.165, 1.54) is 20.7 Å². The standard InChI is InChI=1S/C73H55N3OSi/c77-73(57-23-8-1-9-24-57)59-26-22-25-58(55-59)56-39-51-71(52-40-56)78(69-35-18-6-19-36-69,70-37-20-7-21-38-70)72-53-49-68(50-54-72)76(66-45-41-64(42-46-66)74(60-27-10-2-11-28-60)61-29-12-3-13-30-61)67-47-43-65(44-48-67)75(62-31-14-4-15-32-62)63-33-16-5-17-34-63/h1-55H. The number of rotatable bonds is 16. The molecule has 0 radical (unpaired) electrons. The van der Waals surface area contributed by atoms with Crippen LogP contribution in [-0.4, -0.2) is 13.9 Å². The number of hydrogen-bond donors (Lipinski definition) is 0. The van der Waals surface area contributed by atoms with Gasteiger partial charge in [0.25, 0.3) is 0 Å². The smallest absolute Gasteiger partial charge is 0.193 e. The maximum Gasteiger partial charge on any atom is 0.193 e. The summed E-state index contributed by atoms with van der Waals surface area (Å²) in [6.07, 6.45) is 0. The van der Waals surface area contributed by atoms with E-state index < -0.39 is 8.07 Å². The molecule has 0 saturated heterocycles. The van der Waals surface area contributed by atoms with Crippen molar-refractivity contribution in [2.75, 3.05) is 14.7 Å². The largest absolute Gasteiger partial charge is 0.311 e. The molecule has 0 heterocycles. The van der Waals surface area contributed by atoms with E-state index in [1.807, 2.05) is 48.5 Å². The van der Waals surface area contributed by atoms with Gasteiger partial charge in [0, 0.05) is 62.3 Å². The lowest BCUT2D eigenvalue weighted by Gasteiger charge is -2.35. The zero-order chi connectivity index (χ0) is 52.5. The van der Waals surface area contributed by atoms with Crippen molar-refractivity contribution in [1.29, 1.82) is 0 Å². The summed E-state index contributed by atoms with van der Waals surface area (Å²) in [4.78, 5) is 20.5. The van der Waals surface area contributed by atoms with Gasteiger partial charge in [-0.25, -0.2) is 0 Å². The van der Waals surface area contributed by atoms with Crippen LogP contribution < -0.4 is 35.4 Å². The highest BCUT2D eigenvalue weighted by molar-refractivity contribution is 7.19. The Hall–Kier alpha value is -10.1. The fourth-order valence-corrected chi connectivity index (χ4v) is 15.6. The predicted molar refractivity (Wildman–Crippen MR) is 329 cm³/mol. The summed E-state index contributed by atoms with van der Waals surface area (Å²) in [5.41, 5.74) is 13.0. The number of carbonyl (C=O) groups excluding carboxylic acids is 1. The molecule has 0 unspecified atom stereocenters. The van der Waals surface area contributed by atoms with Crippen LogP contribution in [-0.2, 0) is 0 Å². The summed E-state index contributed by atoms with van der Waals surface area (Å²) in [6, 6.07) is 118. The van der Waals surface area contributed by atoms with Crippen molar-refractivity contribution in [1.82, 2.24) is 0 Å². The third-order valence-electron chi connectivity index (χ3n) is 14.6. The lowest BCUT2D eigenvalue weighted by atomic mass is 9.98. The first-order chi connectivity index (χ1) is 38.6. The van der Waals surface area contributed by atoms with Crippen LogP contribution in [0.25, 0.3) is 11.1 Å². The Balaban J connectivity index is 0.970. The summed E-state index contributed by atoms with van der Waals surface area (Å²) < 4.78 is 0. The molecule has 0 fully saturated rings. The summed E-state index contributed by atoms with van der Waals surface area (Å²) in [7, 11) is -2.97. The van der Waals surface area contributed by atoms with E-state index in [0.29, 0.717) is 11.1 Å². The van der Waals surface area contributed by atoms with Gasteiger partial charge in [-0.05, 0) is 147 Å². The SMILES string of the molecule is O=C(c1ccccc1)c1cccc(-c2ccc([Si](c3ccccc3)(c3ccccc3)c3ccc(N(c4ccc(N(c5ccccc5)c5ccccc5)cc4)c4ccc(N(c5ccccc5)c5ccccc5)cc4)cc3)cc2)c1. The van der Waals surface area contributed by atoms with Crippen molar-refractivity contribution in [2.24, 2.45) is 0 Å². The minimum absolute atomic E-state index is 0.0141. The van der Waals surface area contributed by atoms with Crippen LogP contribution in [0.5, 0.6) is 0 Å². The first kappa shape index (κ1) is 48.8. The monoisotopic (exact) mass is 1020 g/mol. The van der Waals surface area contributed by atoms with Crippen LogP contribution >= 0.6 is 0 Å². The Kier molecular flexibility index (Phi) is 14.0. The number of hydrogen-bond acceptors (Lipinski definition) is 4. The molecule has 0 N–H and O–H groups in total. The summed E-state index contributed by atoms with van der Waals surface area (Å²) >= 11 is 0. The highest BCUT2D eigenvalue weighted by Gasteiger charge is 2.41. The number of anilines is 9. The Labute approximate surface area is 458 Å². The second kappa shape index (κ2) is 22.4. The molecule has 0 aliphatic carbocycles. The molecule has 12 aromatic rings. The van der Waals surface area contributed by atoms with Gasteiger partial charge in [-0.1, -0.05) is 218 Å². The molecule has 78 heavy (non-hydrogen) atoms. The molecule has 4 nitrogen and oxygen atoms in total. The third-order valence-corrected chi connectivity index (χ3v) is 19.4. The van der Waals surface area contributed by atoms with Crippen molar-refractivity contribution in [3.63, 3.8) is 0 Å². The number of carbonyl (C=O) groups is 1. The van der Waals surface area contributed by atoms with Gasteiger partial charge in [-0.3, -0.25) is 4.79 Å². The van der Waals surface area contributed by atoms with Gasteiger partial charge in [0.1, 0.15) is 0 Å². The van der Waals surface area contributed by atoms with Gasteiger partial charge in [-0.2, -0.15) is 0 Å². The van der Waals surface area contributed by atoms with Crippen molar-refractivity contribution in [3.8, 4) is 11.1 Å². The van der Waals surface area contributed by atoms with E-state index in [9.17, 15) is 4.79 Å². The fourth-order valence-electron chi connectivity index (χ4n) is 10.9. The van der Waals surface area contributed by atoms with E-state index in [-0.39, 0.29) is 5.78 Å². The molecule has 0 amide bonds. The van der Waals surface area contributed by atoms with Gasteiger partial charge in [-0.15, -0.1) is 0 Å². The van der Waals surface area contributed by atoms with Crippen molar-refractivity contribution >= 4 is 85.8 Å². The molecule has 0 atom stereocenters. The predicted octanol–water partition coefficient (Wildman–Crippen LogP) is 16.4. The molecule has 12 rings (SSSR count). The Bertz CT molecular complexity index is 3620. The molecule has 0 bridgehead atoms. The van der Waals surface area contributed by atoms with Gasteiger partial charge in [0.15, 0.2) is 13.9 Å². The maximum absolute atomic E-state index is 13.6. The van der Waals surface area contributed by atoms with Crippen molar-refractivity contribution in [2.45, 2.75) is 0 Å². The molecule has 12 aromatic carbocycles. The molecular formula is C73H55N3OSi. The van der Waals surface area contributed by atoms with Crippen molar-refractivity contribution < 1.29 is 4.79 Å². The van der Waals surface area contributed by atoms with E-state index >= 15 is 0 Å². The maximum atomic E-state index is 13.6. The normalized spacial score (nSPS) is 11.1. The average molecular weight is 1020 g/mol. The lowest BCUT2D eigenvalue weighted by Crippen LogP contribution is -2.74. The highest BCUT2D eigenvalue weighted by atomic mass is 28.3. The van der Waals surface area contributed by atoms with Crippen LogP contribution in [0.3, 0.4) is 0 Å². The minimum atomic E-state index is -2.97. The second-order valence-corrected chi connectivity index (χ2v) is 23.1. The summed E-state index contributed by atoms with van der Waals surface area (Å²) in [5.74, 6) is 0.0141. The number of ketones is 1. The Morgan fingerprint density at radius 1 is 0.218 bits per heavy atom. The number of para-hydroxylation sites is 4. The summed E-state index contributed by atoms with van der Waals surface area (Å²) in [6.45, 7) is 0. The lowest BCUT2D eigenvalue weighted by molar-refractivity contribution is 0.103. The van der Waals surface area contributed by atoms with Gasteiger partial charge >= 0.3 is 0 Å². The van der Waals surface area contributed by atoms with Crippen LogP contribution in [0.15, 0.2) is 334 Å². The number of nitrogens with zero attached hydrogens (tertiary/aromatic N) is 3. The molecule has 0 aliphatic heterocycles. The van der Waals surface area contributed by atoms with Crippen LogP contribution in [0.2, 0.25) is 0 Å². The van der Waals surface area contributed by atoms with Gasteiger partial charge in [0.05, 0.1) is 0 Å². The molecule has 372 valence electrons. The zero-order valence-electron chi connectivity index (χ0n) is 43.0. The zero-order valence-corrected chi connectivity index (χ0v) is 44.0. The van der Waals surface area contributed by atoms with Crippen LogP contribution in [0, 0.1) is 0 Å².